The number of hydrogen-bond acceptors (Lipinski definition) is 5. The van der Waals surface area contributed by atoms with Crippen LogP contribution in [0.3, 0.4) is 0 Å². The minimum absolute atomic E-state index is 0.152. The number of nitrogens with one attached hydrogen (secondary N) is 1. The van der Waals surface area contributed by atoms with Gasteiger partial charge in [0, 0.05) is 11.8 Å². The Bertz CT molecular complexity index is 1010. The van der Waals surface area contributed by atoms with Crippen LogP contribution in [0.15, 0.2) is 40.9 Å². The molecule has 1 spiro atoms. The van der Waals surface area contributed by atoms with Crippen LogP contribution < -0.4 is 10.2 Å². The Kier molecular flexibility index (Phi) is 3.55. The van der Waals surface area contributed by atoms with Gasteiger partial charge in [0.05, 0.1) is 24.5 Å². The standard InChI is InChI=1S/C21H21N3O4/c1-11-6-12(2)8-14(7-11)22-19(25)17-15-4-5-21(27-15)10-24(20(26)18(17)21)16-9-13(3)28-23-16/h4-9,15,17-18H,10H2,1-3H3,(H,22,25)/t15-,17+,18+,21-/m1/s1. The molecule has 2 bridgehead atoms. The number of carbonyl (C=O) groups is 2. The summed E-state index contributed by atoms with van der Waals surface area (Å²) in [5.74, 6) is -0.400. The molecule has 7 nitrogen and oxygen atoms in total. The maximum Gasteiger partial charge on any atom is 0.235 e. The zero-order valence-corrected chi connectivity index (χ0v) is 15.9. The van der Waals surface area contributed by atoms with Crippen molar-refractivity contribution >= 4 is 23.3 Å². The van der Waals surface area contributed by atoms with E-state index in [1.165, 1.54) is 0 Å². The Balaban J connectivity index is 1.44. The van der Waals surface area contributed by atoms with E-state index < -0.39 is 17.4 Å². The second-order valence-corrected chi connectivity index (χ2v) is 7.99. The third-order valence-corrected chi connectivity index (χ3v) is 5.78. The highest BCUT2D eigenvalue weighted by atomic mass is 16.5. The van der Waals surface area contributed by atoms with Crippen LogP contribution in [0.25, 0.3) is 0 Å². The number of aryl methyl sites for hydroxylation is 3. The monoisotopic (exact) mass is 379 g/mol. The number of hydrogen-bond donors (Lipinski definition) is 1. The van der Waals surface area contributed by atoms with Crippen LogP contribution in [-0.4, -0.2) is 35.2 Å². The van der Waals surface area contributed by atoms with Gasteiger partial charge in [0.2, 0.25) is 11.8 Å². The van der Waals surface area contributed by atoms with Gasteiger partial charge in [0.1, 0.15) is 11.4 Å². The largest absolute Gasteiger partial charge is 0.360 e. The fraction of sp³-hybridized carbons (Fsp3) is 0.381. The molecule has 0 radical (unpaired) electrons. The van der Waals surface area contributed by atoms with E-state index in [0.29, 0.717) is 18.1 Å². The number of carbonyl (C=O) groups excluding carboxylic acids is 2. The zero-order chi connectivity index (χ0) is 19.6. The van der Waals surface area contributed by atoms with Crippen molar-refractivity contribution in [3.8, 4) is 0 Å². The Labute approximate surface area is 162 Å². The molecule has 7 heteroatoms. The summed E-state index contributed by atoms with van der Waals surface area (Å²) in [5, 5.41) is 6.94. The van der Waals surface area contributed by atoms with E-state index in [1.807, 2.05) is 44.2 Å². The van der Waals surface area contributed by atoms with Crippen molar-refractivity contribution < 1.29 is 18.8 Å². The highest BCUT2D eigenvalue weighted by Crippen LogP contribution is 2.52. The maximum absolute atomic E-state index is 13.2. The second kappa shape index (κ2) is 5.78. The number of benzene rings is 1. The van der Waals surface area contributed by atoms with Crippen molar-refractivity contribution in [1.82, 2.24) is 5.16 Å². The van der Waals surface area contributed by atoms with Gasteiger partial charge in [-0.15, -0.1) is 0 Å². The van der Waals surface area contributed by atoms with Gasteiger partial charge in [-0.05, 0) is 44.0 Å². The van der Waals surface area contributed by atoms with Crippen molar-refractivity contribution in [2.75, 3.05) is 16.8 Å². The SMILES string of the molecule is Cc1cc(C)cc(NC(=O)[C@@H]2[C@H]3C(=O)N(c4cc(C)on4)C[C@]34C=C[C@H]2O4)c1. The average Bonchev–Trinajstić information content (AvgIpc) is 3.35. The Morgan fingerprint density at radius 2 is 1.96 bits per heavy atom. The van der Waals surface area contributed by atoms with Crippen molar-refractivity contribution in [3.05, 3.63) is 53.3 Å². The molecule has 144 valence electrons. The summed E-state index contributed by atoms with van der Waals surface area (Å²) in [6.07, 6.45) is 3.43. The van der Waals surface area contributed by atoms with Crippen LogP contribution in [0, 0.1) is 32.6 Å². The molecule has 0 unspecified atom stereocenters. The van der Waals surface area contributed by atoms with Crippen LogP contribution in [0.2, 0.25) is 0 Å². The summed E-state index contributed by atoms with van der Waals surface area (Å²) in [5.41, 5.74) is 2.09. The normalized spacial score (nSPS) is 30.2. The van der Waals surface area contributed by atoms with Crippen LogP contribution in [0.5, 0.6) is 0 Å². The van der Waals surface area contributed by atoms with E-state index in [2.05, 4.69) is 10.5 Å². The predicted octanol–water partition coefficient (Wildman–Crippen LogP) is 2.52. The molecule has 4 heterocycles. The Morgan fingerprint density at radius 3 is 2.64 bits per heavy atom. The summed E-state index contributed by atoms with van der Waals surface area (Å²) >= 11 is 0. The lowest BCUT2D eigenvalue weighted by atomic mass is 9.76. The fourth-order valence-corrected chi connectivity index (χ4v) is 4.74. The highest BCUT2D eigenvalue weighted by Gasteiger charge is 2.67. The minimum Gasteiger partial charge on any atom is -0.360 e. The van der Waals surface area contributed by atoms with Crippen LogP contribution in [-0.2, 0) is 14.3 Å². The van der Waals surface area contributed by atoms with Crippen molar-refractivity contribution in [2.45, 2.75) is 32.5 Å². The first-order valence-electron chi connectivity index (χ1n) is 9.37. The molecule has 1 N–H and O–H groups in total. The number of rotatable bonds is 3. The van der Waals surface area contributed by atoms with Crippen molar-refractivity contribution in [3.63, 3.8) is 0 Å². The first-order valence-corrected chi connectivity index (χ1v) is 9.37. The molecule has 3 aliphatic rings. The number of nitrogens with zero attached hydrogens (tertiary/aromatic N) is 2. The topological polar surface area (TPSA) is 84.7 Å². The highest BCUT2D eigenvalue weighted by molar-refractivity contribution is 6.05. The van der Waals surface area contributed by atoms with Crippen LogP contribution in [0.4, 0.5) is 11.5 Å². The molecular weight excluding hydrogens is 358 g/mol. The molecule has 1 aromatic carbocycles. The molecule has 1 aromatic heterocycles. The summed E-state index contributed by atoms with van der Waals surface area (Å²) in [7, 11) is 0. The Hall–Kier alpha value is -2.93. The lowest BCUT2D eigenvalue weighted by Crippen LogP contribution is -2.41. The van der Waals surface area contributed by atoms with E-state index >= 15 is 0 Å². The number of aromatic nitrogens is 1. The van der Waals surface area contributed by atoms with Gasteiger partial charge in [-0.1, -0.05) is 23.4 Å². The number of ether oxygens (including phenoxy) is 1. The molecule has 28 heavy (non-hydrogen) atoms. The zero-order valence-electron chi connectivity index (χ0n) is 15.9. The average molecular weight is 379 g/mol. The van der Waals surface area contributed by atoms with E-state index in [0.717, 1.165) is 16.8 Å². The van der Waals surface area contributed by atoms with E-state index in [1.54, 1.807) is 17.9 Å². The summed E-state index contributed by atoms with van der Waals surface area (Å²) in [6, 6.07) is 7.61. The minimum atomic E-state index is -0.779. The molecule has 0 aliphatic carbocycles. The van der Waals surface area contributed by atoms with Gasteiger partial charge in [0.15, 0.2) is 5.82 Å². The third kappa shape index (κ3) is 2.43. The first-order chi connectivity index (χ1) is 13.4. The first kappa shape index (κ1) is 17.2. The number of anilines is 2. The van der Waals surface area contributed by atoms with Gasteiger partial charge < -0.3 is 14.6 Å². The molecule has 3 aliphatic heterocycles. The van der Waals surface area contributed by atoms with Gasteiger partial charge in [-0.25, -0.2) is 0 Å². The van der Waals surface area contributed by atoms with Crippen molar-refractivity contribution in [2.24, 2.45) is 11.8 Å². The summed E-state index contributed by atoms with van der Waals surface area (Å²) in [6.45, 7) is 6.08. The van der Waals surface area contributed by atoms with E-state index in [4.69, 9.17) is 9.26 Å². The van der Waals surface area contributed by atoms with E-state index in [9.17, 15) is 9.59 Å². The molecular formula is C21H21N3O4. The third-order valence-electron chi connectivity index (χ3n) is 5.78. The number of amides is 2. The molecule has 2 aromatic rings. The predicted molar refractivity (Wildman–Crippen MR) is 102 cm³/mol. The molecule has 2 fully saturated rings. The van der Waals surface area contributed by atoms with Gasteiger partial charge >= 0.3 is 0 Å². The number of fused-ring (bicyclic) bond motifs is 1. The fourth-order valence-electron chi connectivity index (χ4n) is 4.74. The molecule has 5 rings (SSSR count). The summed E-state index contributed by atoms with van der Waals surface area (Å²) < 4.78 is 11.3. The second-order valence-electron chi connectivity index (χ2n) is 7.99. The molecule has 2 amide bonds. The van der Waals surface area contributed by atoms with Crippen LogP contribution in [0.1, 0.15) is 16.9 Å². The Morgan fingerprint density at radius 1 is 1.21 bits per heavy atom. The molecule has 2 saturated heterocycles. The van der Waals surface area contributed by atoms with Gasteiger partial charge in [0.25, 0.3) is 0 Å². The van der Waals surface area contributed by atoms with Gasteiger partial charge in [-0.2, -0.15) is 0 Å². The smallest absolute Gasteiger partial charge is 0.235 e. The quantitative estimate of drug-likeness (QED) is 0.829. The van der Waals surface area contributed by atoms with Gasteiger partial charge in [-0.3, -0.25) is 14.5 Å². The maximum atomic E-state index is 13.2. The molecule has 0 saturated carbocycles. The van der Waals surface area contributed by atoms with E-state index in [-0.39, 0.29) is 17.9 Å². The lowest BCUT2D eigenvalue weighted by Gasteiger charge is -2.23. The van der Waals surface area contributed by atoms with Crippen LogP contribution >= 0.6 is 0 Å². The summed E-state index contributed by atoms with van der Waals surface area (Å²) in [4.78, 5) is 27.9. The van der Waals surface area contributed by atoms with Crippen molar-refractivity contribution in [1.29, 1.82) is 0 Å². The lowest BCUT2D eigenvalue weighted by molar-refractivity contribution is -0.128. The molecule has 4 atom stereocenters.